The molecule has 4 heteroatoms. The maximum atomic E-state index is 11.7. The highest BCUT2D eigenvalue weighted by Gasteiger charge is 2.11. The van der Waals surface area contributed by atoms with Gasteiger partial charge in [0.1, 0.15) is 0 Å². The third-order valence-corrected chi connectivity index (χ3v) is 2.45. The molecule has 0 spiro atoms. The van der Waals surface area contributed by atoms with Crippen LogP contribution in [-0.4, -0.2) is 37.0 Å². The Labute approximate surface area is 96.6 Å². The first kappa shape index (κ1) is 12.5. The average Bonchev–Trinajstić information content (AvgIpc) is 2.28. The van der Waals surface area contributed by atoms with Crippen molar-refractivity contribution in [3.05, 3.63) is 35.4 Å². The van der Waals surface area contributed by atoms with Gasteiger partial charge in [-0.15, -0.1) is 0 Å². The fourth-order valence-corrected chi connectivity index (χ4v) is 1.58. The molecule has 0 unspecified atom stereocenters. The third-order valence-electron chi connectivity index (χ3n) is 2.45. The van der Waals surface area contributed by atoms with E-state index in [2.05, 4.69) is 0 Å². The van der Waals surface area contributed by atoms with Crippen molar-refractivity contribution in [3.8, 4) is 0 Å². The summed E-state index contributed by atoms with van der Waals surface area (Å²) in [5, 5.41) is 0. The van der Waals surface area contributed by atoms with Gasteiger partial charge in [0.2, 0.25) is 0 Å². The van der Waals surface area contributed by atoms with Crippen LogP contribution in [0.5, 0.6) is 0 Å². The lowest BCUT2D eigenvalue weighted by molar-refractivity contribution is 0.180. The van der Waals surface area contributed by atoms with E-state index in [4.69, 9.17) is 5.73 Å². The summed E-state index contributed by atoms with van der Waals surface area (Å²) in [6.07, 6.45) is 0. The molecule has 4 nitrogen and oxygen atoms in total. The molecular weight excluding hydrogens is 202 g/mol. The van der Waals surface area contributed by atoms with Crippen LogP contribution in [-0.2, 0) is 13.1 Å². The van der Waals surface area contributed by atoms with Crippen LogP contribution in [0.4, 0.5) is 4.79 Å². The first-order valence-corrected chi connectivity index (χ1v) is 5.25. The number of amides is 2. The number of nitrogens with zero attached hydrogens (tertiary/aromatic N) is 2. The predicted octanol–water partition coefficient (Wildman–Crippen LogP) is 1.26. The van der Waals surface area contributed by atoms with Gasteiger partial charge in [-0.05, 0) is 11.1 Å². The molecule has 0 atom stereocenters. The van der Waals surface area contributed by atoms with Crippen LogP contribution in [0.3, 0.4) is 0 Å². The minimum absolute atomic E-state index is 0.00757. The largest absolute Gasteiger partial charge is 0.331 e. The molecule has 88 valence electrons. The first-order chi connectivity index (χ1) is 7.56. The molecule has 0 heterocycles. The number of carbonyl (C=O) groups is 1. The van der Waals surface area contributed by atoms with E-state index in [0.717, 1.165) is 11.1 Å². The van der Waals surface area contributed by atoms with Crippen LogP contribution in [0.15, 0.2) is 24.3 Å². The Morgan fingerprint density at radius 2 is 1.75 bits per heavy atom. The Morgan fingerprint density at radius 3 is 2.25 bits per heavy atom. The number of urea groups is 1. The van der Waals surface area contributed by atoms with Crippen molar-refractivity contribution in [1.29, 1.82) is 0 Å². The topological polar surface area (TPSA) is 49.6 Å². The summed E-state index contributed by atoms with van der Waals surface area (Å²) >= 11 is 0. The Balaban J connectivity index is 2.76. The maximum Gasteiger partial charge on any atom is 0.319 e. The van der Waals surface area contributed by atoms with E-state index in [0.29, 0.717) is 13.1 Å². The van der Waals surface area contributed by atoms with E-state index in [1.165, 1.54) is 0 Å². The van der Waals surface area contributed by atoms with E-state index in [-0.39, 0.29) is 6.03 Å². The summed E-state index contributed by atoms with van der Waals surface area (Å²) in [6, 6.07) is 7.90. The van der Waals surface area contributed by atoms with Crippen molar-refractivity contribution in [2.75, 3.05) is 21.1 Å². The van der Waals surface area contributed by atoms with Crippen LogP contribution in [0.25, 0.3) is 0 Å². The van der Waals surface area contributed by atoms with Gasteiger partial charge < -0.3 is 15.5 Å². The van der Waals surface area contributed by atoms with Gasteiger partial charge >= 0.3 is 6.03 Å². The molecular formula is C12H19N3O. The number of benzene rings is 1. The second kappa shape index (κ2) is 5.51. The molecule has 1 aromatic carbocycles. The van der Waals surface area contributed by atoms with Crippen LogP contribution < -0.4 is 5.73 Å². The fraction of sp³-hybridized carbons (Fsp3) is 0.417. The SMILES string of the molecule is CN(C)C(=O)N(C)Cc1ccccc1CN. The maximum absolute atomic E-state index is 11.7. The lowest BCUT2D eigenvalue weighted by Gasteiger charge is -2.22. The summed E-state index contributed by atoms with van der Waals surface area (Å²) in [4.78, 5) is 14.9. The average molecular weight is 221 g/mol. The predicted molar refractivity (Wildman–Crippen MR) is 64.9 cm³/mol. The van der Waals surface area contributed by atoms with Crippen LogP contribution in [0, 0.1) is 0 Å². The van der Waals surface area contributed by atoms with E-state index >= 15 is 0 Å². The van der Waals surface area contributed by atoms with Gasteiger partial charge in [0, 0.05) is 34.2 Å². The van der Waals surface area contributed by atoms with Crippen LogP contribution in [0.2, 0.25) is 0 Å². The molecule has 2 amide bonds. The molecule has 0 saturated carbocycles. The smallest absolute Gasteiger partial charge is 0.319 e. The second-order valence-electron chi connectivity index (χ2n) is 4.01. The third kappa shape index (κ3) is 2.97. The van der Waals surface area contributed by atoms with Gasteiger partial charge in [-0.1, -0.05) is 24.3 Å². The highest BCUT2D eigenvalue weighted by atomic mass is 16.2. The number of rotatable bonds is 3. The van der Waals surface area contributed by atoms with Crippen molar-refractivity contribution in [2.24, 2.45) is 5.73 Å². The fourth-order valence-electron chi connectivity index (χ4n) is 1.58. The molecule has 0 fully saturated rings. The lowest BCUT2D eigenvalue weighted by atomic mass is 10.1. The molecule has 0 aliphatic carbocycles. The quantitative estimate of drug-likeness (QED) is 0.835. The van der Waals surface area contributed by atoms with E-state index in [9.17, 15) is 4.79 Å². The van der Waals surface area contributed by atoms with Gasteiger partial charge in [-0.2, -0.15) is 0 Å². The molecule has 0 bridgehead atoms. The summed E-state index contributed by atoms with van der Waals surface area (Å²) < 4.78 is 0. The molecule has 0 aliphatic rings. The standard InChI is InChI=1S/C12H19N3O/c1-14(2)12(16)15(3)9-11-7-5-4-6-10(11)8-13/h4-7H,8-9,13H2,1-3H3. The van der Waals surface area contributed by atoms with Crippen molar-refractivity contribution in [1.82, 2.24) is 9.80 Å². The van der Waals surface area contributed by atoms with Gasteiger partial charge in [0.05, 0.1) is 0 Å². The number of nitrogens with two attached hydrogens (primary N) is 1. The molecule has 2 N–H and O–H groups in total. The number of carbonyl (C=O) groups excluding carboxylic acids is 1. The van der Waals surface area contributed by atoms with E-state index in [1.54, 1.807) is 30.9 Å². The van der Waals surface area contributed by atoms with Crippen molar-refractivity contribution >= 4 is 6.03 Å². The summed E-state index contributed by atoms with van der Waals surface area (Å²) in [5.74, 6) is 0. The van der Waals surface area contributed by atoms with Crippen LogP contribution >= 0.6 is 0 Å². The number of hydrogen-bond acceptors (Lipinski definition) is 2. The Hall–Kier alpha value is -1.55. The second-order valence-corrected chi connectivity index (χ2v) is 4.01. The molecule has 0 radical (unpaired) electrons. The van der Waals surface area contributed by atoms with E-state index < -0.39 is 0 Å². The van der Waals surface area contributed by atoms with Gasteiger partial charge in [0.25, 0.3) is 0 Å². The normalized spacial score (nSPS) is 10.0. The van der Waals surface area contributed by atoms with Crippen molar-refractivity contribution < 1.29 is 4.79 Å². The zero-order valence-electron chi connectivity index (χ0n) is 10.1. The van der Waals surface area contributed by atoms with Gasteiger partial charge in [-0.25, -0.2) is 4.79 Å². The van der Waals surface area contributed by atoms with Crippen molar-refractivity contribution in [2.45, 2.75) is 13.1 Å². The molecule has 0 aliphatic heterocycles. The van der Waals surface area contributed by atoms with Crippen LogP contribution in [0.1, 0.15) is 11.1 Å². The molecule has 1 aromatic rings. The zero-order valence-corrected chi connectivity index (χ0v) is 10.1. The summed E-state index contributed by atoms with van der Waals surface area (Å²) in [7, 11) is 5.27. The minimum atomic E-state index is -0.00757. The summed E-state index contributed by atoms with van der Waals surface area (Å²) in [5.41, 5.74) is 7.83. The Morgan fingerprint density at radius 1 is 1.19 bits per heavy atom. The molecule has 16 heavy (non-hydrogen) atoms. The molecule has 0 aromatic heterocycles. The Kier molecular flexibility index (Phi) is 4.31. The van der Waals surface area contributed by atoms with Gasteiger partial charge in [0.15, 0.2) is 0 Å². The number of hydrogen-bond donors (Lipinski definition) is 1. The summed E-state index contributed by atoms with van der Waals surface area (Å²) in [6.45, 7) is 1.09. The monoisotopic (exact) mass is 221 g/mol. The van der Waals surface area contributed by atoms with Crippen molar-refractivity contribution in [3.63, 3.8) is 0 Å². The lowest BCUT2D eigenvalue weighted by Crippen LogP contribution is -2.36. The molecule has 0 saturated heterocycles. The minimum Gasteiger partial charge on any atom is -0.331 e. The Bertz CT molecular complexity index is 363. The first-order valence-electron chi connectivity index (χ1n) is 5.25. The highest BCUT2D eigenvalue weighted by Crippen LogP contribution is 2.10. The zero-order chi connectivity index (χ0) is 12.1. The van der Waals surface area contributed by atoms with Gasteiger partial charge in [-0.3, -0.25) is 0 Å². The molecule has 1 rings (SSSR count). The van der Waals surface area contributed by atoms with E-state index in [1.807, 2.05) is 24.3 Å². The highest BCUT2D eigenvalue weighted by molar-refractivity contribution is 5.73.